The highest BCUT2D eigenvalue weighted by Crippen LogP contribution is 2.23. The van der Waals surface area contributed by atoms with Gasteiger partial charge in [0.2, 0.25) is 0 Å². The fourth-order valence-corrected chi connectivity index (χ4v) is 2.50. The molecule has 1 aliphatic heterocycles. The van der Waals surface area contributed by atoms with Crippen LogP contribution >= 0.6 is 0 Å². The largest absolute Gasteiger partial charge is 0.497 e. The van der Waals surface area contributed by atoms with Crippen molar-refractivity contribution < 1.29 is 14.6 Å². The average Bonchev–Trinajstić information content (AvgIpc) is 2.88. The Bertz CT molecular complexity index is 689. The molecular formula is C18H17NO3. The number of anilines is 1. The Labute approximate surface area is 129 Å². The van der Waals surface area contributed by atoms with Gasteiger partial charge in [-0.25, -0.2) is 0 Å². The van der Waals surface area contributed by atoms with Crippen molar-refractivity contribution in [2.75, 3.05) is 12.0 Å². The molecule has 0 radical (unpaired) electrons. The average molecular weight is 295 g/mol. The Balaban J connectivity index is 1.72. The van der Waals surface area contributed by atoms with E-state index in [1.807, 2.05) is 48.5 Å². The van der Waals surface area contributed by atoms with Crippen LogP contribution in [0.4, 0.5) is 5.69 Å². The zero-order chi connectivity index (χ0) is 15.5. The Morgan fingerprint density at radius 2 is 1.64 bits per heavy atom. The molecule has 112 valence electrons. The van der Waals surface area contributed by atoms with Crippen LogP contribution in [-0.4, -0.2) is 24.4 Å². The van der Waals surface area contributed by atoms with Gasteiger partial charge < -0.3 is 9.84 Å². The summed E-state index contributed by atoms with van der Waals surface area (Å²) in [7, 11) is 1.65. The smallest absolute Gasteiger partial charge is 0.253 e. The van der Waals surface area contributed by atoms with E-state index in [0.29, 0.717) is 5.69 Å². The second-order valence-electron chi connectivity index (χ2n) is 5.17. The van der Waals surface area contributed by atoms with Crippen LogP contribution in [0.15, 0.2) is 60.7 Å². The van der Waals surface area contributed by atoms with E-state index >= 15 is 0 Å². The van der Waals surface area contributed by atoms with Crippen LogP contribution in [0.5, 0.6) is 5.75 Å². The highest BCUT2D eigenvalue weighted by molar-refractivity contribution is 6.04. The van der Waals surface area contributed by atoms with Gasteiger partial charge in [-0.2, -0.15) is 0 Å². The van der Waals surface area contributed by atoms with Crippen LogP contribution in [0, 0.1) is 0 Å². The number of aliphatic hydroxyl groups excluding tert-OH is 1. The SMILES string of the molecule is COc1ccc(Cc2ccc(N3C(=O)C=CC3O)cc2)cc1. The first-order valence-corrected chi connectivity index (χ1v) is 7.09. The van der Waals surface area contributed by atoms with Gasteiger partial charge in [-0.05, 0) is 47.9 Å². The Morgan fingerprint density at radius 1 is 1.05 bits per heavy atom. The maximum atomic E-state index is 11.7. The van der Waals surface area contributed by atoms with Crippen molar-refractivity contribution in [1.29, 1.82) is 0 Å². The molecule has 0 aromatic heterocycles. The fourth-order valence-electron chi connectivity index (χ4n) is 2.50. The fraction of sp³-hybridized carbons (Fsp3) is 0.167. The number of ether oxygens (including phenoxy) is 1. The van der Waals surface area contributed by atoms with E-state index in [1.54, 1.807) is 7.11 Å². The molecule has 1 heterocycles. The monoisotopic (exact) mass is 295 g/mol. The number of benzene rings is 2. The van der Waals surface area contributed by atoms with Gasteiger partial charge in [-0.15, -0.1) is 0 Å². The van der Waals surface area contributed by atoms with Gasteiger partial charge in [0.05, 0.1) is 7.11 Å². The van der Waals surface area contributed by atoms with E-state index < -0.39 is 6.23 Å². The van der Waals surface area contributed by atoms with Crippen molar-refractivity contribution in [3.63, 3.8) is 0 Å². The number of rotatable bonds is 4. The quantitative estimate of drug-likeness (QED) is 0.943. The third kappa shape index (κ3) is 2.87. The molecule has 1 aliphatic rings. The Kier molecular flexibility index (Phi) is 3.94. The lowest BCUT2D eigenvalue weighted by atomic mass is 10.0. The first-order chi connectivity index (χ1) is 10.7. The van der Waals surface area contributed by atoms with Crippen LogP contribution in [0.1, 0.15) is 11.1 Å². The van der Waals surface area contributed by atoms with Crippen LogP contribution in [0.2, 0.25) is 0 Å². The summed E-state index contributed by atoms with van der Waals surface area (Å²) in [4.78, 5) is 13.0. The summed E-state index contributed by atoms with van der Waals surface area (Å²) in [6, 6.07) is 15.6. The minimum atomic E-state index is -0.875. The number of hydrogen-bond donors (Lipinski definition) is 1. The van der Waals surface area contributed by atoms with Gasteiger partial charge in [-0.1, -0.05) is 24.3 Å². The molecule has 1 amide bonds. The van der Waals surface area contributed by atoms with E-state index in [2.05, 4.69) is 0 Å². The molecule has 3 rings (SSSR count). The number of carbonyl (C=O) groups is 1. The minimum Gasteiger partial charge on any atom is -0.497 e. The molecule has 0 saturated heterocycles. The number of amides is 1. The zero-order valence-corrected chi connectivity index (χ0v) is 12.3. The second kappa shape index (κ2) is 6.03. The van der Waals surface area contributed by atoms with E-state index in [1.165, 1.54) is 22.6 Å². The highest BCUT2D eigenvalue weighted by Gasteiger charge is 2.24. The maximum absolute atomic E-state index is 11.7. The lowest BCUT2D eigenvalue weighted by molar-refractivity contribution is -0.114. The molecule has 0 bridgehead atoms. The molecule has 1 atom stereocenters. The van der Waals surface area contributed by atoms with Crippen molar-refractivity contribution in [2.24, 2.45) is 0 Å². The first kappa shape index (κ1) is 14.4. The molecule has 0 spiro atoms. The first-order valence-electron chi connectivity index (χ1n) is 7.09. The molecule has 2 aromatic rings. The van der Waals surface area contributed by atoms with E-state index in [9.17, 15) is 9.90 Å². The molecular weight excluding hydrogens is 278 g/mol. The molecule has 2 aromatic carbocycles. The molecule has 0 fully saturated rings. The molecule has 4 nitrogen and oxygen atoms in total. The normalized spacial score (nSPS) is 17.1. The van der Waals surface area contributed by atoms with Crippen LogP contribution in [-0.2, 0) is 11.2 Å². The van der Waals surface area contributed by atoms with E-state index in [4.69, 9.17) is 4.74 Å². The highest BCUT2D eigenvalue weighted by atomic mass is 16.5. The van der Waals surface area contributed by atoms with Gasteiger partial charge in [0, 0.05) is 11.8 Å². The zero-order valence-electron chi connectivity index (χ0n) is 12.3. The van der Waals surface area contributed by atoms with Crippen molar-refractivity contribution in [3.05, 3.63) is 71.8 Å². The van der Waals surface area contributed by atoms with Crippen molar-refractivity contribution in [1.82, 2.24) is 0 Å². The summed E-state index contributed by atoms with van der Waals surface area (Å²) in [6.45, 7) is 0. The molecule has 1 unspecified atom stereocenters. The van der Waals surface area contributed by atoms with Crippen LogP contribution in [0.25, 0.3) is 0 Å². The topological polar surface area (TPSA) is 49.8 Å². The number of aliphatic hydroxyl groups is 1. The molecule has 1 N–H and O–H groups in total. The predicted molar refractivity (Wildman–Crippen MR) is 84.9 cm³/mol. The van der Waals surface area contributed by atoms with Gasteiger partial charge in [-0.3, -0.25) is 9.69 Å². The minimum absolute atomic E-state index is 0.199. The molecule has 0 aliphatic carbocycles. The number of carbonyl (C=O) groups excluding carboxylic acids is 1. The summed E-state index contributed by atoms with van der Waals surface area (Å²) in [5.41, 5.74) is 3.02. The lowest BCUT2D eigenvalue weighted by Gasteiger charge is -2.20. The van der Waals surface area contributed by atoms with Crippen molar-refractivity contribution in [2.45, 2.75) is 12.6 Å². The standard InChI is InChI=1S/C18H17NO3/c1-22-16-8-4-14(5-9-16)12-13-2-6-15(7-3-13)19-17(20)10-11-18(19)21/h2-11,17,20H,12H2,1H3. The second-order valence-corrected chi connectivity index (χ2v) is 5.17. The molecule has 22 heavy (non-hydrogen) atoms. The summed E-state index contributed by atoms with van der Waals surface area (Å²) in [6.07, 6.45) is 2.79. The third-order valence-corrected chi connectivity index (χ3v) is 3.69. The lowest BCUT2D eigenvalue weighted by Crippen LogP contribution is -2.33. The Morgan fingerprint density at radius 3 is 2.14 bits per heavy atom. The van der Waals surface area contributed by atoms with Crippen molar-refractivity contribution in [3.8, 4) is 5.75 Å². The number of hydrogen-bond acceptors (Lipinski definition) is 3. The molecule has 4 heteroatoms. The summed E-state index contributed by atoms with van der Waals surface area (Å²) >= 11 is 0. The van der Waals surface area contributed by atoms with Gasteiger partial charge in [0.25, 0.3) is 5.91 Å². The summed E-state index contributed by atoms with van der Waals surface area (Å²) < 4.78 is 5.15. The predicted octanol–water partition coefficient (Wildman–Crippen LogP) is 2.51. The number of methoxy groups -OCH3 is 1. The van der Waals surface area contributed by atoms with Gasteiger partial charge >= 0.3 is 0 Å². The van der Waals surface area contributed by atoms with Gasteiger partial charge in [0.1, 0.15) is 5.75 Å². The van der Waals surface area contributed by atoms with Gasteiger partial charge in [0.15, 0.2) is 6.23 Å². The van der Waals surface area contributed by atoms with E-state index in [0.717, 1.165) is 17.7 Å². The Hall–Kier alpha value is -2.59. The maximum Gasteiger partial charge on any atom is 0.253 e. The van der Waals surface area contributed by atoms with Crippen LogP contribution < -0.4 is 9.64 Å². The van der Waals surface area contributed by atoms with Crippen molar-refractivity contribution >= 4 is 11.6 Å². The summed E-state index contributed by atoms with van der Waals surface area (Å²) in [5, 5.41) is 9.77. The third-order valence-electron chi connectivity index (χ3n) is 3.69. The summed E-state index contributed by atoms with van der Waals surface area (Å²) in [5.74, 6) is 0.642. The molecule has 0 saturated carbocycles. The van der Waals surface area contributed by atoms with Crippen LogP contribution in [0.3, 0.4) is 0 Å². The number of nitrogens with zero attached hydrogens (tertiary/aromatic N) is 1. The van der Waals surface area contributed by atoms with E-state index in [-0.39, 0.29) is 5.91 Å².